The van der Waals surface area contributed by atoms with Gasteiger partial charge in [-0.25, -0.2) is 0 Å². The number of anilines is 1. The molecule has 0 aliphatic heterocycles. The summed E-state index contributed by atoms with van der Waals surface area (Å²) in [5.41, 5.74) is 14.0. The second-order valence-corrected chi connectivity index (χ2v) is 5.08. The van der Waals surface area contributed by atoms with Gasteiger partial charge in [0.05, 0.1) is 0 Å². The highest BCUT2D eigenvalue weighted by Crippen LogP contribution is 2.42. The highest BCUT2D eigenvalue weighted by molar-refractivity contribution is 5.80. The molecule has 1 aliphatic rings. The Bertz CT molecular complexity index is 582. The average Bonchev–Trinajstić information content (AvgIpc) is 2.66. The maximum atomic E-state index is 6.13. The Hall–Kier alpha value is -1.76. The molecular weight excluding hydrogens is 206 g/mol. The molecule has 2 aromatic carbocycles. The summed E-state index contributed by atoms with van der Waals surface area (Å²) in [7, 11) is 0. The molecule has 1 heteroatoms. The molecule has 3 rings (SSSR count). The first kappa shape index (κ1) is 10.4. The molecule has 0 heterocycles. The van der Waals surface area contributed by atoms with Crippen LogP contribution in [0, 0.1) is 0 Å². The van der Waals surface area contributed by atoms with E-state index in [0.717, 1.165) is 12.1 Å². The summed E-state index contributed by atoms with van der Waals surface area (Å²) >= 11 is 0. The molecule has 0 spiro atoms. The molecular formula is C16H17N. The second kappa shape index (κ2) is 3.63. The van der Waals surface area contributed by atoms with Gasteiger partial charge in [0, 0.05) is 5.69 Å². The molecule has 0 saturated heterocycles. The molecule has 0 radical (unpaired) electrons. The zero-order chi connectivity index (χ0) is 12.0. The number of hydrogen-bond acceptors (Lipinski definition) is 1. The first-order valence-corrected chi connectivity index (χ1v) is 6.18. The van der Waals surface area contributed by atoms with Crippen molar-refractivity contribution in [3.05, 3.63) is 53.1 Å². The van der Waals surface area contributed by atoms with Gasteiger partial charge in [0.1, 0.15) is 0 Å². The van der Waals surface area contributed by atoms with Crippen molar-refractivity contribution in [2.24, 2.45) is 0 Å². The smallest absolute Gasteiger partial charge is 0.0352 e. The van der Waals surface area contributed by atoms with E-state index in [2.05, 4.69) is 50.2 Å². The third kappa shape index (κ3) is 1.46. The van der Waals surface area contributed by atoms with Gasteiger partial charge in [0.15, 0.2) is 0 Å². The van der Waals surface area contributed by atoms with E-state index in [1.165, 1.54) is 27.8 Å². The number of rotatable bonds is 1. The zero-order valence-electron chi connectivity index (χ0n) is 10.3. The number of hydrogen-bond donors (Lipinski definition) is 1. The first-order valence-electron chi connectivity index (χ1n) is 6.18. The molecule has 1 nitrogen and oxygen atoms in total. The Labute approximate surface area is 102 Å². The van der Waals surface area contributed by atoms with Crippen LogP contribution in [0.1, 0.15) is 36.5 Å². The monoisotopic (exact) mass is 223 g/mol. The van der Waals surface area contributed by atoms with Crippen LogP contribution in [-0.4, -0.2) is 0 Å². The fourth-order valence-electron chi connectivity index (χ4n) is 2.94. The van der Waals surface area contributed by atoms with Crippen LogP contribution in [0.3, 0.4) is 0 Å². The Morgan fingerprint density at radius 3 is 2.53 bits per heavy atom. The summed E-state index contributed by atoms with van der Waals surface area (Å²) in [5, 5.41) is 0. The quantitative estimate of drug-likeness (QED) is 0.621. The first-order chi connectivity index (χ1) is 8.18. The summed E-state index contributed by atoms with van der Waals surface area (Å²) in [5.74, 6) is 0.485. The Morgan fingerprint density at radius 2 is 1.76 bits per heavy atom. The Balaban J connectivity index is 2.27. The summed E-state index contributed by atoms with van der Waals surface area (Å²) in [6, 6.07) is 12.9. The maximum absolute atomic E-state index is 6.13. The Morgan fingerprint density at radius 1 is 1.00 bits per heavy atom. The molecule has 0 bridgehead atoms. The van der Waals surface area contributed by atoms with Crippen LogP contribution >= 0.6 is 0 Å². The lowest BCUT2D eigenvalue weighted by Crippen LogP contribution is -2.01. The summed E-state index contributed by atoms with van der Waals surface area (Å²) in [6.45, 7) is 4.43. The number of nitrogens with two attached hydrogens (primary N) is 1. The van der Waals surface area contributed by atoms with Crippen molar-refractivity contribution in [3.63, 3.8) is 0 Å². The van der Waals surface area contributed by atoms with E-state index < -0.39 is 0 Å². The molecule has 1 aliphatic carbocycles. The standard InChI is InChI=1S/C16H17N/c1-10(2)16-14-9-11-5-3-4-6-12(11)13(14)7-8-15(16)17/h3-8,10H,9,17H2,1-2H3. The second-order valence-electron chi connectivity index (χ2n) is 5.08. The SMILES string of the molecule is CC(C)c1c(N)ccc2c1Cc1ccccc1-2. The fraction of sp³-hybridized carbons (Fsp3) is 0.250. The lowest BCUT2D eigenvalue weighted by molar-refractivity contribution is 0.856. The van der Waals surface area contributed by atoms with Gasteiger partial charge in [0.2, 0.25) is 0 Å². The van der Waals surface area contributed by atoms with E-state index in [0.29, 0.717) is 5.92 Å². The molecule has 0 atom stereocenters. The van der Waals surface area contributed by atoms with Crippen LogP contribution in [-0.2, 0) is 6.42 Å². The fourth-order valence-corrected chi connectivity index (χ4v) is 2.94. The van der Waals surface area contributed by atoms with Gasteiger partial charge in [-0.15, -0.1) is 0 Å². The van der Waals surface area contributed by atoms with Crippen LogP contribution in [0.25, 0.3) is 11.1 Å². The molecule has 0 saturated carbocycles. The van der Waals surface area contributed by atoms with Gasteiger partial charge < -0.3 is 5.73 Å². The van der Waals surface area contributed by atoms with Gasteiger partial charge in [-0.2, -0.15) is 0 Å². The molecule has 0 amide bonds. The third-order valence-electron chi connectivity index (χ3n) is 3.64. The van der Waals surface area contributed by atoms with Gasteiger partial charge in [0.25, 0.3) is 0 Å². The maximum Gasteiger partial charge on any atom is 0.0352 e. The Kier molecular flexibility index (Phi) is 2.22. The van der Waals surface area contributed by atoms with Crippen molar-refractivity contribution in [2.45, 2.75) is 26.2 Å². The number of fused-ring (bicyclic) bond motifs is 3. The topological polar surface area (TPSA) is 26.0 Å². The van der Waals surface area contributed by atoms with E-state index in [4.69, 9.17) is 5.73 Å². The summed E-state index contributed by atoms with van der Waals surface area (Å²) in [6.07, 6.45) is 1.03. The van der Waals surface area contributed by atoms with Crippen molar-refractivity contribution in [1.29, 1.82) is 0 Å². The van der Waals surface area contributed by atoms with Crippen molar-refractivity contribution >= 4 is 5.69 Å². The van der Waals surface area contributed by atoms with E-state index in [-0.39, 0.29) is 0 Å². The van der Waals surface area contributed by atoms with E-state index in [1.54, 1.807) is 0 Å². The van der Waals surface area contributed by atoms with Gasteiger partial charge in [-0.05, 0) is 46.2 Å². The highest BCUT2D eigenvalue weighted by atomic mass is 14.6. The average molecular weight is 223 g/mol. The lowest BCUT2D eigenvalue weighted by atomic mass is 9.92. The van der Waals surface area contributed by atoms with Crippen LogP contribution in [0.4, 0.5) is 5.69 Å². The van der Waals surface area contributed by atoms with Gasteiger partial charge >= 0.3 is 0 Å². The van der Waals surface area contributed by atoms with Crippen molar-refractivity contribution < 1.29 is 0 Å². The van der Waals surface area contributed by atoms with Crippen molar-refractivity contribution in [2.75, 3.05) is 5.73 Å². The van der Waals surface area contributed by atoms with Crippen LogP contribution in [0.15, 0.2) is 36.4 Å². The molecule has 0 fully saturated rings. The molecule has 86 valence electrons. The van der Waals surface area contributed by atoms with Crippen LogP contribution in [0.5, 0.6) is 0 Å². The van der Waals surface area contributed by atoms with E-state index in [1.807, 2.05) is 0 Å². The van der Waals surface area contributed by atoms with Crippen molar-refractivity contribution in [3.8, 4) is 11.1 Å². The van der Waals surface area contributed by atoms with Crippen molar-refractivity contribution in [1.82, 2.24) is 0 Å². The molecule has 2 N–H and O–H groups in total. The minimum atomic E-state index is 0.485. The molecule has 0 aromatic heterocycles. The van der Waals surface area contributed by atoms with Crippen LogP contribution in [0.2, 0.25) is 0 Å². The highest BCUT2D eigenvalue weighted by Gasteiger charge is 2.22. The number of nitrogen functional groups attached to an aromatic ring is 1. The molecule has 17 heavy (non-hydrogen) atoms. The lowest BCUT2D eigenvalue weighted by Gasteiger charge is -2.15. The van der Waals surface area contributed by atoms with Gasteiger partial charge in [-0.3, -0.25) is 0 Å². The summed E-state index contributed by atoms with van der Waals surface area (Å²) < 4.78 is 0. The molecule has 0 unspecified atom stereocenters. The molecule has 2 aromatic rings. The largest absolute Gasteiger partial charge is 0.398 e. The number of benzene rings is 2. The van der Waals surface area contributed by atoms with E-state index >= 15 is 0 Å². The minimum Gasteiger partial charge on any atom is -0.398 e. The minimum absolute atomic E-state index is 0.485. The predicted octanol–water partition coefficient (Wildman–Crippen LogP) is 3.96. The normalized spacial score (nSPS) is 12.6. The van der Waals surface area contributed by atoms with Gasteiger partial charge in [-0.1, -0.05) is 44.2 Å². The summed E-state index contributed by atoms with van der Waals surface area (Å²) in [4.78, 5) is 0. The zero-order valence-corrected chi connectivity index (χ0v) is 10.3. The predicted molar refractivity (Wildman–Crippen MR) is 73.2 cm³/mol. The van der Waals surface area contributed by atoms with Crippen LogP contribution < -0.4 is 5.73 Å². The van der Waals surface area contributed by atoms with E-state index in [9.17, 15) is 0 Å². The third-order valence-corrected chi connectivity index (χ3v) is 3.64.